The minimum absolute atomic E-state index is 0.0142. The number of anilines is 1. The average molecular weight is 397 g/mol. The van der Waals surface area contributed by atoms with Crippen LogP contribution in [0.15, 0.2) is 29.2 Å². The first-order valence-electron chi connectivity index (χ1n) is 9.29. The molecule has 1 saturated heterocycles. The monoisotopic (exact) mass is 396 g/mol. The van der Waals surface area contributed by atoms with Gasteiger partial charge in [0.15, 0.2) is 0 Å². The number of rotatable bonds is 8. The zero-order chi connectivity index (χ0) is 19.9. The van der Waals surface area contributed by atoms with Crippen LogP contribution in [0.5, 0.6) is 0 Å². The summed E-state index contributed by atoms with van der Waals surface area (Å²) in [5.74, 6) is -0.303. The lowest BCUT2D eigenvalue weighted by Gasteiger charge is -2.34. The van der Waals surface area contributed by atoms with Crippen LogP contribution in [0.25, 0.3) is 0 Å². The molecule has 0 aliphatic carbocycles. The van der Waals surface area contributed by atoms with Gasteiger partial charge in [0.05, 0.1) is 4.90 Å². The number of carbonyl (C=O) groups is 2. The summed E-state index contributed by atoms with van der Waals surface area (Å²) in [6.45, 7) is 2.84. The van der Waals surface area contributed by atoms with Crippen LogP contribution in [0.1, 0.15) is 39.0 Å². The van der Waals surface area contributed by atoms with Crippen molar-refractivity contribution in [3.8, 4) is 0 Å². The Morgan fingerprint density at radius 2 is 2.07 bits per heavy atom. The molecule has 0 aromatic heterocycles. The molecule has 1 heterocycles. The van der Waals surface area contributed by atoms with Crippen molar-refractivity contribution < 1.29 is 18.0 Å². The molecule has 1 aromatic rings. The van der Waals surface area contributed by atoms with E-state index in [2.05, 4.69) is 10.0 Å². The number of nitrogens with zero attached hydrogens (tertiary/aromatic N) is 1. The summed E-state index contributed by atoms with van der Waals surface area (Å²) in [6, 6.07) is 5.52. The van der Waals surface area contributed by atoms with Gasteiger partial charge in [-0.3, -0.25) is 9.59 Å². The van der Waals surface area contributed by atoms with E-state index in [0.717, 1.165) is 19.3 Å². The third kappa shape index (κ3) is 5.75. The van der Waals surface area contributed by atoms with E-state index in [9.17, 15) is 18.0 Å². The Morgan fingerprint density at radius 3 is 2.78 bits per heavy atom. The third-order valence-corrected chi connectivity index (χ3v) is 5.90. The summed E-state index contributed by atoms with van der Waals surface area (Å²) >= 11 is 0. The van der Waals surface area contributed by atoms with E-state index in [-0.39, 0.29) is 29.8 Å². The Bertz CT molecular complexity index is 766. The lowest BCUT2D eigenvalue weighted by atomic mass is 10.0. The lowest BCUT2D eigenvalue weighted by Crippen LogP contribution is -2.49. The van der Waals surface area contributed by atoms with E-state index in [1.54, 1.807) is 17.0 Å². The molecule has 1 aliphatic rings. The van der Waals surface area contributed by atoms with Crippen LogP contribution in [0.3, 0.4) is 0 Å². The van der Waals surface area contributed by atoms with Gasteiger partial charge in [-0.2, -0.15) is 0 Å². The molecule has 1 unspecified atom stereocenters. The number of likely N-dealkylation sites (tertiary alicyclic amines) is 1. The molecule has 1 aliphatic heterocycles. The second-order valence-corrected chi connectivity index (χ2v) is 8.32. The number of sulfonamides is 1. The average Bonchev–Trinajstić information content (AvgIpc) is 2.67. The minimum atomic E-state index is -3.68. The van der Waals surface area contributed by atoms with Gasteiger partial charge < -0.3 is 16.0 Å². The van der Waals surface area contributed by atoms with Gasteiger partial charge in [0.2, 0.25) is 21.8 Å². The van der Waals surface area contributed by atoms with Gasteiger partial charge in [-0.1, -0.05) is 13.0 Å². The molecule has 4 N–H and O–H groups in total. The first-order chi connectivity index (χ1) is 12.9. The van der Waals surface area contributed by atoms with Gasteiger partial charge >= 0.3 is 0 Å². The molecule has 0 radical (unpaired) electrons. The van der Waals surface area contributed by atoms with Crippen LogP contribution >= 0.6 is 0 Å². The van der Waals surface area contributed by atoms with Gasteiger partial charge in [-0.05, 0) is 43.9 Å². The topological polar surface area (TPSA) is 122 Å². The number of amides is 2. The van der Waals surface area contributed by atoms with Crippen molar-refractivity contribution in [2.75, 3.05) is 25.0 Å². The highest BCUT2D eigenvalue weighted by Crippen LogP contribution is 2.21. The second kappa shape index (κ2) is 9.82. The summed E-state index contributed by atoms with van der Waals surface area (Å²) in [6.07, 6.45) is 3.53. The molecular weight excluding hydrogens is 368 g/mol. The van der Waals surface area contributed by atoms with Crippen LogP contribution in [0.2, 0.25) is 0 Å². The SMILES string of the molecule is CCCC(=O)N1CCCCC1C(=O)Nc1cccc(S(=O)(=O)NCCN)c1. The molecule has 9 heteroatoms. The highest BCUT2D eigenvalue weighted by molar-refractivity contribution is 7.89. The zero-order valence-electron chi connectivity index (χ0n) is 15.6. The smallest absolute Gasteiger partial charge is 0.247 e. The molecule has 0 bridgehead atoms. The van der Waals surface area contributed by atoms with Crippen molar-refractivity contribution >= 4 is 27.5 Å². The maximum Gasteiger partial charge on any atom is 0.247 e. The molecule has 0 spiro atoms. The van der Waals surface area contributed by atoms with Crippen LogP contribution in [-0.4, -0.2) is 50.8 Å². The van der Waals surface area contributed by atoms with Crippen LogP contribution in [0, 0.1) is 0 Å². The Labute approximate surface area is 160 Å². The first-order valence-corrected chi connectivity index (χ1v) is 10.8. The summed E-state index contributed by atoms with van der Waals surface area (Å²) < 4.78 is 26.8. The third-order valence-electron chi connectivity index (χ3n) is 4.44. The molecule has 8 nitrogen and oxygen atoms in total. The van der Waals surface area contributed by atoms with Crippen LogP contribution < -0.4 is 15.8 Å². The van der Waals surface area contributed by atoms with Crippen molar-refractivity contribution in [3.05, 3.63) is 24.3 Å². The molecule has 27 heavy (non-hydrogen) atoms. The quantitative estimate of drug-likeness (QED) is 0.606. The highest BCUT2D eigenvalue weighted by Gasteiger charge is 2.31. The second-order valence-electron chi connectivity index (χ2n) is 6.55. The fourth-order valence-electron chi connectivity index (χ4n) is 3.10. The van der Waals surface area contributed by atoms with Crippen LogP contribution in [0.4, 0.5) is 5.69 Å². The van der Waals surface area contributed by atoms with Gasteiger partial charge in [0, 0.05) is 31.7 Å². The van der Waals surface area contributed by atoms with E-state index >= 15 is 0 Å². The Hall–Kier alpha value is -1.97. The van der Waals surface area contributed by atoms with Crippen LogP contribution in [-0.2, 0) is 19.6 Å². The molecular formula is C18H28N4O4S. The zero-order valence-corrected chi connectivity index (χ0v) is 16.4. The fourth-order valence-corrected chi connectivity index (χ4v) is 4.20. The molecule has 0 saturated carbocycles. The normalized spacial score (nSPS) is 17.6. The molecule has 1 fully saturated rings. The Balaban J connectivity index is 2.12. The van der Waals surface area contributed by atoms with E-state index in [1.807, 2.05) is 6.92 Å². The standard InChI is InChI=1S/C18H28N4O4S/c1-2-6-17(23)22-12-4-3-9-16(22)18(24)21-14-7-5-8-15(13-14)27(25,26)20-11-10-19/h5,7-8,13,16,20H,2-4,6,9-12,19H2,1H3,(H,21,24). The summed E-state index contributed by atoms with van der Waals surface area (Å²) in [7, 11) is -3.68. The van der Waals surface area contributed by atoms with E-state index in [0.29, 0.717) is 25.1 Å². The number of carbonyl (C=O) groups excluding carboxylic acids is 2. The predicted molar refractivity (Wildman–Crippen MR) is 104 cm³/mol. The Kier molecular flexibility index (Phi) is 7.76. The number of piperidine rings is 1. The maximum atomic E-state index is 12.7. The van der Waals surface area contributed by atoms with Gasteiger partial charge in [-0.25, -0.2) is 13.1 Å². The van der Waals surface area contributed by atoms with Crippen molar-refractivity contribution in [1.29, 1.82) is 0 Å². The molecule has 1 aromatic carbocycles. The predicted octanol–water partition coefficient (Wildman–Crippen LogP) is 1.04. The largest absolute Gasteiger partial charge is 0.331 e. The molecule has 2 rings (SSSR count). The molecule has 1 atom stereocenters. The van der Waals surface area contributed by atoms with E-state index in [4.69, 9.17) is 5.73 Å². The molecule has 150 valence electrons. The minimum Gasteiger partial charge on any atom is -0.331 e. The summed E-state index contributed by atoms with van der Waals surface area (Å²) in [5, 5.41) is 2.76. The van der Waals surface area contributed by atoms with Crippen molar-refractivity contribution in [2.24, 2.45) is 5.73 Å². The number of nitrogens with two attached hydrogens (primary N) is 1. The van der Waals surface area contributed by atoms with Gasteiger partial charge in [0.1, 0.15) is 6.04 Å². The maximum absolute atomic E-state index is 12.7. The lowest BCUT2D eigenvalue weighted by molar-refractivity contribution is -0.140. The number of hydrogen-bond donors (Lipinski definition) is 3. The molecule has 2 amide bonds. The first kappa shape index (κ1) is 21.3. The Morgan fingerprint density at radius 1 is 1.30 bits per heavy atom. The number of nitrogens with one attached hydrogen (secondary N) is 2. The van der Waals surface area contributed by atoms with Crippen molar-refractivity contribution in [1.82, 2.24) is 9.62 Å². The highest BCUT2D eigenvalue weighted by atomic mass is 32.2. The summed E-state index contributed by atoms with van der Waals surface area (Å²) in [5.41, 5.74) is 5.71. The van der Waals surface area contributed by atoms with Crippen molar-refractivity contribution in [3.63, 3.8) is 0 Å². The fraction of sp³-hybridized carbons (Fsp3) is 0.556. The van der Waals surface area contributed by atoms with E-state index < -0.39 is 16.1 Å². The van der Waals surface area contributed by atoms with Crippen molar-refractivity contribution in [2.45, 2.75) is 50.0 Å². The number of benzene rings is 1. The van der Waals surface area contributed by atoms with Gasteiger partial charge in [-0.15, -0.1) is 0 Å². The summed E-state index contributed by atoms with van der Waals surface area (Å²) in [4.78, 5) is 26.7. The van der Waals surface area contributed by atoms with Gasteiger partial charge in [0.25, 0.3) is 0 Å². The van der Waals surface area contributed by atoms with E-state index in [1.165, 1.54) is 12.1 Å². The number of hydrogen-bond acceptors (Lipinski definition) is 5.